The van der Waals surface area contributed by atoms with Crippen LogP contribution < -0.4 is 36.1 Å². The molecule has 414 valence electrons. The van der Waals surface area contributed by atoms with E-state index >= 15 is 0 Å². The van der Waals surface area contributed by atoms with Gasteiger partial charge in [0.05, 0.1) is 36.2 Å². The number of hydrogen-bond donors (Lipinski definition) is 9. The van der Waals surface area contributed by atoms with Gasteiger partial charge >= 0.3 is 0 Å². The molecule has 77 heavy (non-hydrogen) atoms. The Morgan fingerprint density at radius 2 is 1.48 bits per heavy atom. The van der Waals surface area contributed by atoms with Crippen molar-refractivity contribution in [1.29, 1.82) is 0 Å². The van der Waals surface area contributed by atoms with Crippen molar-refractivity contribution in [2.24, 2.45) is 18.0 Å². The number of carbonyl (C=O) groups excluding carboxylic acids is 8. The monoisotopic (exact) mass is 1070 g/mol. The Bertz CT molecular complexity index is 2720. The fourth-order valence-corrected chi connectivity index (χ4v) is 9.12. The number of anilines is 3. The summed E-state index contributed by atoms with van der Waals surface area (Å²) in [4.78, 5) is 110. The third kappa shape index (κ3) is 14.5. The first-order valence-electron chi connectivity index (χ1n) is 25.8. The number of nitrogens with zero attached hydrogens (tertiary/aromatic N) is 4. The van der Waals surface area contributed by atoms with Crippen LogP contribution in [0.1, 0.15) is 99.4 Å². The van der Waals surface area contributed by atoms with Crippen molar-refractivity contribution in [3.63, 3.8) is 0 Å². The molecule has 0 radical (unpaired) electrons. The standard InChI is InChI=1S/C53H67N9O15/c1-29(2)45(59-42(65)12-6-5-8-21-62-43(66)18-19-44(62)67)51(73)55-30(3)49(71)57-31-14-16-32(17-15-31)58-50(72)37-23-33(27-60(37)4)56-41(64)13-10-22-75-38-25-36-35(52(74)61-20-9-7-11-34(61)26-54-36)24-39(38)76-53-48(70)47(69)46(68)40(28-63)77-53/h14-19,23-27,29-30,34,40,45-48,53,63,68-70H,5-13,20-22,28H2,1-4H3,(H,55,73)(H,56,64)(H,57,71)(H,58,72)(H,59,65)/t30-,34-,40+,45-,46+,47-,48+,53?/m0/s1. The number of hydrogen-bond acceptors (Lipinski definition) is 16. The summed E-state index contributed by atoms with van der Waals surface area (Å²) in [6.45, 7) is 5.14. The number of rotatable bonds is 23. The van der Waals surface area contributed by atoms with E-state index in [4.69, 9.17) is 14.2 Å². The Morgan fingerprint density at radius 3 is 2.18 bits per heavy atom. The maximum Gasteiger partial charge on any atom is 0.272 e. The minimum atomic E-state index is -1.74. The lowest BCUT2D eigenvalue weighted by atomic mass is 9.99. The molecule has 24 nitrogen and oxygen atoms in total. The number of amides is 8. The number of aromatic nitrogens is 1. The Balaban J connectivity index is 0.861. The lowest BCUT2D eigenvalue weighted by Gasteiger charge is -2.39. The number of nitrogens with one attached hydrogen (secondary N) is 5. The summed E-state index contributed by atoms with van der Waals surface area (Å²) in [5, 5.41) is 54.9. The number of ether oxygens (including phenoxy) is 3. The predicted molar refractivity (Wildman–Crippen MR) is 278 cm³/mol. The molecule has 0 saturated carbocycles. The van der Waals surface area contributed by atoms with Crippen LogP contribution >= 0.6 is 0 Å². The highest BCUT2D eigenvalue weighted by atomic mass is 16.7. The van der Waals surface area contributed by atoms with Crippen molar-refractivity contribution >= 4 is 76.2 Å². The third-order valence-corrected chi connectivity index (χ3v) is 13.5. The van der Waals surface area contributed by atoms with Gasteiger partial charge in [-0.25, -0.2) is 0 Å². The zero-order valence-corrected chi connectivity index (χ0v) is 43.3. The smallest absolute Gasteiger partial charge is 0.272 e. The first kappa shape index (κ1) is 57.2. The van der Waals surface area contributed by atoms with Crippen LogP contribution in [0.15, 0.2) is 65.8 Å². The second-order valence-corrected chi connectivity index (χ2v) is 19.7. The van der Waals surface area contributed by atoms with E-state index in [-0.39, 0.29) is 96.7 Å². The van der Waals surface area contributed by atoms with E-state index in [2.05, 4.69) is 31.6 Å². The lowest BCUT2D eigenvalue weighted by molar-refractivity contribution is -0.277. The van der Waals surface area contributed by atoms with Crippen LogP contribution in [0.3, 0.4) is 0 Å². The summed E-state index contributed by atoms with van der Waals surface area (Å²) in [7, 11) is 1.63. The van der Waals surface area contributed by atoms with Gasteiger partial charge in [-0.2, -0.15) is 0 Å². The van der Waals surface area contributed by atoms with Crippen molar-refractivity contribution in [2.75, 3.05) is 42.3 Å². The van der Waals surface area contributed by atoms with E-state index in [0.29, 0.717) is 48.6 Å². The number of piperidine rings is 1. The summed E-state index contributed by atoms with van der Waals surface area (Å²) in [5.41, 5.74) is 1.87. The molecule has 7 rings (SSSR count). The molecule has 1 unspecified atom stereocenters. The van der Waals surface area contributed by atoms with Crippen molar-refractivity contribution in [3.05, 3.63) is 72.1 Å². The number of imide groups is 1. The number of aliphatic hydroxyl groups excluding tert-OH is 4. The summed E-state index contributed by atoms with van der Waals surface area (Å²) in [6, 6.07) is 8.62. The zero-order valence-electron chi connectivity index (χ0n) is 43.3. The molecule has 8 atom stereocenters. The van der Waals surface area contributed by atoms with Gasteiger partial charge in [-0.1, -0.05) is 20.3 Å². The number of unbranched alkanes of at least 4 members (excludes halogenated alkanes) is 2. The van der Waals surface area contributed by atoms with Gasteiger partial charge in [0, 0.05) is 75.0 Å². The molecular weight excluding hydrogens is 1000 g/mol. The van der Waals surface area contributed by atoms with E-state index in [9.17, 15) is 58.8 Å². The van der Waals surface area contributed by atoms with Crippen molar-refractivity contribution in [2.45, 2.75) is 127 Å². The largest absolute Gasteiger partial charge is 0.490 e. The molecule has 0 bridgehead atoms. The van der Waals surface area contributed by atoms with E-state index in [1.54, 1.807) is 62.5 Å². The van der Waals surface area contributed by atoms with Crippen LogP contribution in [-0.4, -0.2) is 163 Å². The maximum atomic E-state index is 13.7. The number of benzene rings is 2. The fourth-order valence-electron chi connectivity index (χ4n) is 9.12. The molecule has 2 fully saturated rings. The highest BCUT2D eigenvalue weighted by Gasteiger charge is 2.45. The molecular formula is C53H67N9O15. The third-order valence-electron chi connectivity index (χ3n) is 13.5. The van der Waals surface area contributed by atoms with Crippen molar-refractivity contribution in [1.82, 2.24) is 25.0 Å². The number of aryl methyl sites for hydroxylation is 1. The second-order valence-electron chi connectivity index (χ2n) is 19.7. The van der Waals surface area contributed by atoms with Crippen molar-refractivity contribution < 1.29 is 73.0 Å². The van der Waals surface area contributed by atoms with E-state index in [1.165, 1.54) is 41.8 Å². The Hall–Kier alpha value is -7.51. The summed E-state index contributed by atoms with van der Waals surface area (Å²) in [6.07, 6.45) is 2.30. The molecule has 4 aliphatic rings. The van der Waals surface area contributed by atoms with Crippen LogP contribution in [0.2, 0.25) is 0 Å². The van der Waals surface area contributed by atoms with Crippen LogP contribution in [0.25, 0.3) is 0 Å². The van der Waals surface area contributed by atoms with E-state index in [1.807, 2.05) is 0 Å². The van der Waals surface area contributed by atoms with Gasteiger partial charge in [0.2, 0.25) is 29.9 Å². The normalized spacial score (nSPS) is 21.6. The zero-order chi connectivity index (χ0) is 55.5. The minimum absolute atomic E-state index is 0.0143. The first-order valence-corrected chi connectivity index (χ1v) is 25.8. The highest BCUT2D eigenvalue weighted by Crippen LogP contribution is 2.40. The number of aliphatic hydroxyl groups is 4. The quantitative estimate of drug-likeness (QED) is 0.0485. The maximum absolute atomic E-state index is 13.7. The Morgan fingerprint density at radius 1 is 0.779 bits per heavy atom. The first-order chi connectivity index (χ1) is 36.8. The van der Waals surface area contributed by atoms with Crippen LogP contribution in [0, 0.1) is 5.92 Å². The van der Waals surface area contributed by atoms with E-state index < -0.39 is 67.1 Å². The highest BCUT2D eigenvalue weighted by molar-refractivity contribution is 6.13. The fraction of sp³-hybridized carbons (Fsp3) is 0.491. The predicted octanol–water partition coefficient (Wildman–Crippen LogP) is 2.03. The van der Waals surface area contributed by atoms with Gasteiger partial charge < -0.3 is 70.7 Å². The number of aliphatic imine (C=N–C) groups is 1. The van der Waals surface area contributed by atoms with Gasteiger partial charge in [0.25, 0.3) is 23.6 Å². The minimum Gasteiger partial charge on any atom is -0.490 e. The van der Waals surface area contributed by atoms with Gasteiger partial charge in [0.1, 0.15) is 42.2 Å². The molecule has 1 aromatic heterocycles. The van der Waals surface area contributed by atoms with Gasteiger partial charge in [-0.3, -0.25) is 48.2 Å². The molecule has 5 heterocycles. The van der Waals surface area contributed by atoms with Crippen molar-refractivity contribution in [3.8, 4) is 11.5 Å². The molecule has 3 aromatic rings. The lowest BCUT2D eigenvalue weighted by Crippen LogP contribution is -2.60. The van der Waals surface area contributed by atoms with Crippen LogP contribution in [-0.2, 0) is 40.6 Å². The molecule has 2 aromatic carbocycles. The Kier molecular flexibility index (Phi) is 19.3. The average molecular weight is 1070 g/mol. The molecule has 0 spiro atoms. The topological polar surface area (TPSA) is 329 Å². The summed E-state index contributed by atoms with van der Waals surface area (Å²) in [5.74, 6) is -3.51. The van der Waals surface area contributed by atoms with Crippen LogP contribution in [0.4, 0.5) is 22.7 Å². The molecule has 0 aliphatic carbocycles. The molecule has 9 N–H and O–H groups in total. The molecule has 8 amide bonds. The van der Waals surface area contributed by atoms with Crippen LogP contribution in [0.5, 0.6) is 11.5 Å². The Labute approximate surface area is 444 Å². The van der Waals surface area contributed by atoms with Gasteiger partial charge in [-0.05, 0) is 87.8 Å². The van der Waals surface area contributed by atoms with Gasteiger partial charge in [-0.15, -0.1) is 0 Å². The van der Waals surface area contributed by atoms with E-state index in [0.717, 1.165) is 24.2 Å². The second kappa shape index (κ2) is 26.0. The molecule has 4 aliphatic heterocycles. The SMILES string of the molecule is CC(C)[C@H](NC(=O)CCCCCN1C(=O)C=CC1=O)C(=O)N[C@@H](C)C(=O)Nc1ccc(NC(=O)c2cc(NC(=O)CCCOc3cc4c(cc3OC3O[C@H](CO)[C@@H](O)[C@H](O)[C@H]3O)C(=O)N3CCCC[C@H]3C=N4)cn2C)cc1. The molecule has 24 heteroatoms. The summed E-state index contributed by atoms with van der Waals surface area (Å²) < 4.78 is 19.2. The molecule has 2 saturated heterocycles. The average Bonchev–Trinajstić information content (AvgIpc) is 3.91. The van der Waals surface area contributed by atoms with Gasteiger partial charge in [0.15, 0.2) is 11.5 Å². The number of fused-ring (bicyclic) bond motifs is 2. The summed E-state index contributed by atoms with van der Waals surface area (Å²) >= 11 is 0. The number of carbonyl (C=O) groups is 8.